The van der Waals surface area contributed by atoms with Crippen molar-refractivity contribution >= 4 is 11.9 Å². The first-order valence-corrected chi connectivity index (χ1v) is 7.16. The molecule has 19 heavy (non-hydrogen) atoms. The fourth-order valence-electron chi connectivity index (χ4n) is 2.51. The number of carboxylic acid groups (broad SMARTS) is 1. The Bertz CT molecular complexity index is 308. The third kappa shape index (κ3) is 5.59. The molecule has 1 saturated carbocycles. The first-order chi connectivity index (χ1) is 8.97. The van der Waals surface area contributed by atoms with E-state index in [0.717, 1.165) is 19.3 Å². The van der Waals surface area contributed by atoms with Crippen molar-refractivity contribution in [1.29, 1.82) is 0 Å². The van der Waals surface area contributed by atoms with Crippen molar-refractivity contribution in [2.24, 2.45) is 17.1 Å². The van der Waals surface area contributed by atoms with E-state index in [0.29, 0.717) is 31.8 Å². The summed E-state index contributed by atoms with van der Waals surface area (Å²) in [5.74, 6) is -0.357. The van der Waals surface area contributed by atoms with Crippen LogP contribution in [-0.4, -0.2) is 30.1 Å². The highest BCUT2D eigenvalue weighted by Gasteiger charge is 2.37. The van der Waals surface area contributed by atoms with Crippen molar-refractivity contribution in [3.8, 4) is 0 Å². The Morgan fingerprint density at radius 2 is 2.05 bits per heavy atom. The maximum atomic E-state index is 11.8. The molecule has 0 radical (unpaired) electrons. The summed E-state index contributed by atoms with van der Waals surface area (Å²) in [5.41, 5.74) is 5.78. The molecular formula is C14H26N2O3. The van der Waals surface area contributed by atoms with Crippen molar-refractivity contribution in [3.63, 3.8) is 0 Å². The minimum absolute atomic E-state index is 0.0546. The number of carbonyl (C=O) groups excluding carboxylic acids is 1. The predicted molar refractivity (Wildman–Crippen MR) is 73.6 cm³/mol. The minimum Gasteiger partial charge on any atom is -0.481 e. The van der Waals surface area contributed by atoms with Gasteiger partial charge in [0.15, 0.2) is 0 Å². The summed E-state index contributed by atoms with van der Waals surface area (Å²) in [7, 11) is 0. The highest BCUT2D eigenvalue weighted by atomic mass is 16.4. The van der Waals surface area contributed by atoms with Crippen LogP contribution in [0.1, 0.15) is 51.9 Å². The Morgan fingerprint density at radius 1 is 1.37 bits per heavy atom. The zero-order chi connectivity index (χ0) is 14.3. The number of carbonyl (C=O) groups is 2. The van der Waals surface area contributed by atoms with Gasteiger partial charge in [-0.25, -0.2) is 0 Å². The van der Waals surface area contributed by atoms with Crippen LogP contribution in [0, 0.1) is 11.3 Å². The molecule has 0 bridgehead atoms. The number of hydrogen-bond acceptors (Lipinski definition) is 3. The normalized spacial score (nSPS) is 18.4. The largest absolute Gasteiger partial charge is 0.481 e. The van der Waals surface area contributed by atoms with Gasteiger partial charge in [-0.05, 0) is 43.6 Å². The monoisotopic (exact) mass is 270 g/mol. The summed E-state index contributed by atoms with van der Waals surface area (Å²) in [6, 6.07) is 0. The van der Waals surface area contributed by atoms with Crippen molar-refractivity contribution < 1.29 is 14.7 Å². The first kappa shape index (κ1) is 16.0. The standard InChI is InChI=1S/C14H26N2O3/c1-11(3-4-13(18)19)5-8-16-12(17)9-14(10-15)6-2-7-14/h11H,2-10,15H2,1H3,(H,16,17)(H,18,19). The Balaban J connectivity index is 2.11. The molecule has 1 unspecified atom stereocenters. The van der Waals surface area contributed by atoms with E-state index in [1.165, 1.54) is 6.42 Å². The Labute approximate surface area is 114 Å². The van der Waals surface area contributed by atoms with Crippen molar-refractivity contribution in [3.05, 3.63) is 0 Å². The average molecular weight is 270 g/mol. The highest BCUT2D eigenvalue weighted by Crippen LogP contribution is 2.42. The first-order valence-electron chi connectivity index (χ1n) is 7.16. The lowest BCUT2D eigenvalue weighted by molar-refractivity contribution is -0.137. The maximum absolute atomic E-state index is 11.8. The lowest BCUT2D eigenvalue weighted by Gasteiger charge is -2.40. The molecule has 5 nitrogen and oxygen atoms in total. The molecule has 0 aromatic heterocycles. The number of aliphatic carboxylic acids is 1. The van der Waals surface area contributed by atoms with Crippen LogP contribution >= 0.6 is 0 Å². The van der Waals surface area contributed by atoms with Gasteiger partial charge in [-0.3, -0.25) is 9.59 Å². The summed E-state index contributed by atoms with van der Waals surface area (Å²) in [6.07, 6.45) is 5.53. The van der Waals surface area contributed by atoms with Crippen molar-refractivity contribution in [1.82, 2.24) is 5.32 Å². The summed E-state index contributed by atoms with van der Waals surface area (Å²) in [4.78, 5) is 22.2. The highest BCUT2D eigenvalue weighted by molar-refractivity contribution is 5.76. The quantitative estimate of drug-likeness (QED) is 0.592. The van der Waals surface area contributed by atoms with Gasteiger partial charge in [0.25, 0.3) is 0 Å². The molecule has 0 aromatic carbocycles. The zero-order valence-corrected chi connectivity index (χ0v) is 11.8. The van der Waals surface area contributed by atoms with Crippen molar-refractivity contribution in [2.45, 2.75) is 51.9 Å². The van der Waals surface area contributed by atoms with Crippen LogP contribution in [0.3, 0.4) is 0 Å². The molecule has 1 atom stereocenters. The summed E-state index contributed by atoms with van der Waals surface area (Å²) in [6.45, 7) is 3.23. The van der Waals surface area contributed by atoms with Crippen LogP contribution in [0.4, 0.5) is 0 Å². The van der Waals surface area contributed by atoms with Gasteiger partial charge >= 0.3 is 5.97 Å². The molecule has 5 heteroatoms. The van der Waals surface area contributed by atoms with E-state index in [2.05, 4.69) is 5.32 Å². The molecule has 4 N–H and O–H groups in total. The van der Waals surface area contributed by atoms with Gasteiger partial charge in [0.2, 0.25) is 5.91 Å². The SMILES string of the molecule is CC(CCNC(=O)CC1(CN)CCC1)CCC(=O)O. The van der Waals surface area contributed by atoms with Gasteiger partial charge in [-0.15, -0.1) is 0 Å². The van der Waals surface area contributed by atoms with E-state index < -0.39 is 5.97 Å². The van der Waals surface area contributed by atoms with E-state index in [1.807, 2.05) is 6.92 Å². The summed E-state index contributed by atoms with van der Waals surface area (Å²) >= 11 is 0. The third-order valence-electron chi connectivity index (χ3n) is 4.19. The fraction of sp³-hybridized carbons (Fsp3) is 0.857. The van der Waals surface area contributed by atoms with Crippen molar-refractivity contribution in [2.75, 3.05) is 13.1 Å². The molecule has 1 fully saturated rings. The number of carboxylic acids is 1. The van der Waals surface area contributed by atoms with E-state index in [-0.39, 0.29) is 17.7 Å². The lowest BCUT2D eigenvalue weighted by Crippen LogP contribution is -2.42. The molecule has 0 saturated heterocycles. The number of nitrogens with one attached hydrogen (secondary N) is 1. The zero-order valence-electron chi connectivity index (χ0n) is 11.8. The molecular weight excluding hydrogens is 244 g/mol. The molecule has 0 aromatic rings. The maximum Gasteiger partial charge on any atom is 0.303 e. The van der Waals surface area contributed by atoms with Gasteiger partial charge < -0.3 is 16.2 Å². The Hall–Kier alpha value is -1.10. The van der Waals surface area contributed by atoms with Gasteiger partial charge in [0.05, 0.1) is 0 Å². The van der Waals surface area contributed by atoms with Crippen LogP contribution in [0.2, 0.25) is 0 Å². The molecule has 1 amide bonds. The van der Waals surface area contributed by atoms with Crippen LogP contribution in [0.15, 0.2) is 0 Å². The van der Waals surface area contributed by atoms with E-state index in [9.17, 15) is 9.59 Å². The minimum atomic E-state index is -0.759. The molecule has 0 heterocycles. The molecule has 1 rings (SSSR count). The lowest BCUT2D eigenvalue weighted by atomic mass is 9.66. The van der Waals surface area contributed by atoms with Crippen LogP contribution in [0.5, 0.6) is 0 Å². The Morgan fingerprint density at radius 3 is 2.53 bits per heavy atom. The van der Waals surface area contributed by atoms with Crippen LogP contribution in [0.25, 0.3) is 0 Å². The number of rotatable bonds is 9. The van der Waals surface area contributed by atoms with Crippen LogP contribution < -0.4 is 11.1 Å². The van der Waals surface area contributed by atoms with Gasteiger partial charge in [-0.1, -0.05) is 13.3 Å². The molecule has 1 aliphatic rings. The fourth-order valence-corrected chi connectivity index (χ4v) is 2.51. The average Bonchev–Trinajstić information content (AvgIpc) is 2.31. The molecule has 1 aliphatic carbocycles. The summed E-state index contributed by atoms with van der Waals surface area (Å²) in [5, 5.41) is 11.5. The second-order valence-electron chi connectivity index (χ2n) is 5.91. The molecule has 0 spiro atoms. The Kier molecular flexibility index (Phi) is 6.28. The van der Waals surface area contributed by atoms with Gasteiger partial charge in [0.1, 0.15) is 0 Å². The second-order valence-corrected chi connectivity index (χ2v) is 5.91. The van der Waals surface area contributed by atoms with Crippen LogP contribution in [-0.2, 0) is 9.59 Å². The number of nitrogens with two attached hydrogens (primary N) is 1. The second kappa shape index (κ2) is 7.48. The number of hydrogen-bond donors (Lipinski definition) is 3. The summed E-state index contributed by atoms with van der Waals surface area (Å²) < 4.78 is 0. The van der Waals surface area contributed by atoms with Gasteiger partial charge in [0, 0.05) is 19.4 Å². The molecule has 110 valence electrons. The predicted octanol–water partition coefficient (Wildman–Crippen LogP) is 1.51. The topological polar surface area (TPSA) is 92.4 Å². The van der Waals surface area contributed by atoms with E-state index >= 15 is 0 Å². The third-order valence-corrected chi connectivity index (χ3v) is 4.19. The smallest absolute Gasteiger partial charge is 0.303 e. The van der Waals surface area contributed by atoms with E-state index in [4.69, 9.17) is 10.8 Å². The molecule has 0 aliphatic heterocycles. The van der Waals surface area contributed by atoms with Gasteiger partial charge in [-0.2, -0.15) is 0 Å². The number of amides is 1. The van der Waals surface area contributed by atoms with E-state index in [1.54, 1.807) is 0 Å².